The molecule has 24 heavy (non-hydrogen) atoms. The Hall–Kier alpha value is -1.48. The molecule has 0 amide bonds. The molecule has 3 rings (SSSR count). The van der Waals surface area contributed by atoms with Gasteiger partial charge in [-0.2, -0.15) is 0 Å². The van der Waals surface area contributed by atoms with E-state index in [2.05, 4.69) is 10.2 Å². The van der Waals surface area contributed by atoms with Gasteiger partial charge < -0.3 is 4.57 Å². The third-order valence-electron chi connectivity index (χ3n) is 4.11. The van der Waals surface area contributed by atoms with Gasteiger partial charge in [-0.25, -0.2) is 17.2 Å². The maximum atomic E-state index is 13.7. The molecule has 0 bridgehead atoms. The molecule has 5 nitrogen and oxygen atoms in total. The summed E-state index contributed by atoms with van der Waals surface area (Å²) in [6, 6.07) is 4.09. The van der Waals surface area contributed by atoms with Crippen molar-refractivity contribution in [2.24, 2.45) is 13.0 Å². The highest BCUT2D eigenvalue weighted by molar-refractivity contribution is 7.98. The van der Waals surface area contributed by atoms with Gasteiger partial charge in [0.25, 0.3) is 0 Å². The van der Waals surface area contributed by atoms with E-state index in [0.717, 1.165) is 6.07 Å². The first-order valence-corrected chi connectivity index (χ1v) is 10.3. The lowest BCUT2D eigenvalue weighted by atomic mass is 10.1. The zero-order chi connectivity index (χ0) is 17.3. The highest BCUT2D eigenvalue weighted by Gasteiger charge is 2.29. The molecule has 1 aromatic carbocycles. The van der Waals surface area contributed by atoms with Crippen LogP contribution in [0, 0.1) is 17.6 Å². The summed E-state index contributed by atoms with van der Waals surface area (Å²) in [5.41, 5.74) is 0.270. The van der Waals surface area contributed by atoms with E-state index in [1.54, 1.807) is 11.6 Å². The smallest absolute Gasteiger partial charge is 0.191 e. The summed E-state index contributed by atoms with van der Waals surface area (Å²) in [5.74, 6) is -0.270. The first-order valence-electron chi connectivity index (χ1n) is 7.50. The molecular formula is C15H17F2N3O2S2. The first-order chi connectivity index (χ1) is 11.4. The van der Waals surface area contributed by atoms with Crippen molar-refractivity contribution in [1.82, 2.24) is 14.8 Å². The van der Waals surface area contributed by atoms with Crippen molar-refractivity contribution >= 4 is 21.6 Å². The van der Waals surface area contributed by atoms with Gasteiger partial charge in [0.05, 0.1) is 11.5 Å². The second-order valence-corrected chi connectivity index (χ2v) is 9.10. The number of sulfone groups is 1. The van der Waals surface area contributed by atoms with Crippen molar-refractivity contribution in [3.63, 3.8) is 0 Å². The SMILES string of the molecule is Cn1c(C[C@H]2CCS(=O)(=O)C2)nnc1SCc1cccc(F)c1F. The average Bonchev–Trinajstić information content (AvgIpc) is 3.04. The normalized spacial score (nSPS) is 19.7. The number of aromatic nitrogens is 3. The Kier molecular flexibility index (Phi) is 4.91. The summed E-state index contributed by atoms with van der Waals surface area (Å²) in [6.45, 7) is 0. The lowest BCUT2D eigenvalue weighted by Crippen LogP contribution is -2.11. The van der Waals surface area contributed by atoms with Crippen LogP contribution >= 0.6 is 11.8 Å². The van der Waals surface area contributed by atoms with E-state index < -0.39 is 21.5 Å². The number of benzene rings is 1. The van der Waals surface area contributed by atoms with E-state index in [4.69, 9.17) is 0 Å². The zero-order valence-corrected chi connectivity index (χ0v) is 14.7. The summed E-state index contributed by atoms with van der Waals surface area (Å²) in [4.78, 5) is 0. The molecule has 1 saturated heterocycles. The third kappa shape index (κ3) is 3.77. The summed E-state index contributed by atoms with van der Waals surface area (Å²) >= 11 is 1.27. The molecule has 1 fully saturated rings. The van der Waals surface area contributed by atoms with Crippen molar-refractivity contribution in [3.05, 3.63) is 41.2 Å². The fraction of sp³-hybridized carbons (Fsp3) is 0.467. The van der Waals surface area contributed by atoms with E-state index in [1.165, 1.54) is 23.9 Å². The summed E-state index contributed by atoms with van der Waals surface area (Å²) in [5, 5.41) is 8.77. The van der Waals surface area contributed by atoms with E-state index in [1.807, 2.05) is 0 Å². The molecule has 1 aliphatic rings. The van der Waals surface area contributed by atoms with Crippen molar-refractivity contribution in [1.29, 1.82) is 0 Å². The van der Waals surface area contributed by atoms with Crippen molar-refractivity contribution in [2.75, 3.05) is 11.5 Å². The predicted molar refractivity (Wildman–Crippen MR) is 87.4 cm³/mol. The van der Waals surface area contributed by atoms with Crippen LogP contribution in [0.5, 0.6) is 0 Å². The zero-order valence-electron chi connectivity index (χ0n) is 13.1. The second-order valence-electron chi connectivity index (χ2n) is 5.93. The van der Waals surface area contributed by atoms with E-state index in [9.17, 15) is 17.2 Å². The van der Waals surface area contributed by atoms with Crippen LogP contribution in [0.3, 0.4) is 0 Å². The standard InChI is InChI=1S/C15H17F2N3O2S2/c1-20-13(7-10-5-6-24(21,22)9-10)18-19-15(20)23-8-11-3-2-4-12(16)14(11)17/h2-4,10H,5-9H2,1H3/t10-/m1/s1. The third-order valence-corrected chi connectivity index (χ3v) is 7.02. The van der Waals surface area contributed by atoms with Gasteiger partial charge in [-0.05, 0) is 18.4 Å². The van der Waals surface area contributed by atoms with Gasteiger partial charge in [0, 0.05) is 24.8 Å². The Balaban J connectivity index is 1.66. The summed E-state index contributed by atoms with van der Waals surface area (Å²) < 4.78 is 51.7. The van der Waals surface area contributed by atoms with Gasteiger partial charge in [0.2, 0.25) is 0 Å². The van der Waals surface area contributed by atoms with Gasteiger partial charge in [0.1, 0.15) is 5.82 Å². The molecule has 0 saturated carbocycles. The van der Waals surface area contributed by atoms with Crippen molar-refractivity contribution < 1.29 is 17.2 Å². The van der Waals surface area contributed by atoms with Gasteiger partial charge in [-0.15, -0.1) is 10.2 Å². The minimum atomic E-state index is -2.92. The molecule has 2 aromatic rings. The number of hydrogen-bond donors (Lipinski definition) is 0. The molecule has 9 heteroatoms. The maximum absolute atomic E-state index is 13.7. The molecular weight excluding hydrogens is 356 g/mol. The fourth-order valence-corrected chi connectivity index (χ4v) is 5.51. The number of nitrogens with zero attached hydrogens (tertiary/aromatic N) is 3. The highest BCUT2D eigenvalue weighted by Crippen LogP contribution is 2.26. The molecule has 1 atom stereocenters. The first kappa shape index (κ1) is 17.3. The van der Waals surface area contributed by atoms with Crippen LogP contribution in [0.4, 0.5) is 8.78 Å². The van der Waals surface area contributed by atoms with Crippen LogP contribution in [-0.2, 0) is 29.1 Å². The van der Waals surface area contributed by atoms with Crippen LogP contribution in [-0.4, -0.2) is 34.7 Å². The minimum Gasteiger partial charge on any atom is -0.309 e. The topological polar surface area (TPSA) is 64.8 Å². The van der Waals surface area contributed by atoms with Gasteiger partial charge >= 0.3 is 0 Å². The van der Waals surface area contributed by atoms with Crippen LogP contribution in [0.15, 0.2) is 23.4 Å². The van der Waals surface area contributed by atoms with Gasteiger partial charge in [-0.1, -0.05) is 23.9 Å². The average molecular weight is 373 g/mol. The summed E-state index contributed by atoms with van der Waals surface area (Å²) in [7, 11) is -1.12. The lowest BCUT2D eigenvalue weighted by Gasteiger charge is -2.08. The van der Waals surface area contributed by atoms with Gasteiger partial charge in [-0.3, -0.25) is 0 Å². The number of hydrogen-bond acceptors (Lipinski definition) is 5. The molecule has 0 N–H and O–H groups in total. The van der Waals surface area contributed by atoms with Crippen LogP contribution in [0.25, 0.3) is 0 Å². The van der Waals surface area contributed by atoms with Crippen LogP contribution < -0.4 is 0 Å². The Labute approximate surface area is 143 Å². The fourth-order valence-electron chi connectivity index (χ4n) is 2.74. The maximum Gasteiger partial charge on any atom is 0.191 e. The molecule has 2 heterocycles. The minimum absolute atomic E-state index is 0.0661. The van der Waals surface area contributed by atoms with E-state index >= 15 is 0 Å². The molecule has 0 spiro atoms. The molecule has 0 aliphatic carbocycles. The molecule has 130 valence electrons. The largest absolute Gasteiger partial charge is 0.309 e. The number of halogens is 2. The van der Waals surface area contributed by atoms with Crippen molar-refractivity contribution in [2.45, 2.75) is 23.8 Å². The van der Waals surface area contributed by atoms with Crippen molar-refractivity contribution in [3.8, 4) is 0 Å². The summed E-state index contributed by atoms with van der Waals surface area (Å²) in [6.07, 6.45) is 1.20. The van der Waals surface area contributed by atoms with Crippen LogP contribution in [0.1, 0.15) is 17.8 Å². The Morgan fingerprint density at radius 3 is 2.83 bits per heavy atom. The molecule has 0 unspecified atom stereocenters. The predicted octanol–water partition coefficient (Wildman–Crippen LogP) is 2.36. The van der Waals surface area contributed by atoms with E-state index in [-0.39, 0.29) is 28.7 Å². The Morgan fingerprint density at radius 1 is 1.33 bits per heavy atom. The quantitative estimate of drug-likeness (QED) is 0.753. The Bertz CT molecular complexity index is 852. The highest BCUT2D eigenvalue weighted by atomic mass is 32.2. The number of thioether (sulfide) groups is 1. The second kappa shape index (κ2) is 6.79. The molecule has 1 aromatic heterocycles. The molecule has 1 aliphatic heterocycles. The van der Waals surface area contributed by atoms with Crippen LogP contribution in [0.2, 0.25) is 0 Å². The Morgan fingerprint density at radius 2 is 2.12 bits per heavy atom. The van der Waals surface area contributed by atoms with Gasteiger partial charge in [0.15, 0.2) is 26.6 Å². The lowest BCUT2D eigenvalue weighted by molar-refractivity contribution is 0.502. The van der Waals surface area contributed by atoms with E-state index in [0.29, 0.717) is 23.8 Å². The monoisotopic (exact) mass is 373 g/mol. The molecule has 0 radical (unpaired) electrons. The number of rotatable bonds is 5.